The third-order valence-corrected chi connectivity index (χ3v) is 4.15. The Kier molecular flexibility index (Phi) is 7.99. The van der Waals surface area contributed by atoms with Gasteiger partial charge >= 0.3 is 6.18 Å². The summed E-state index contributed by atoms with van der Waals surface area (Å²) in [5.41, 5.74) is 5.33. The highest BCUT2D eigenvalue weighted by Gasteiger charge is 2.36. The van der Waals surface area contributed by atoms with Crippen molar-refractivity contribution in [2.75, 3.05) is 46.3 Å². The maximum atomic E-state index is 13.6. The van der Waals surface area contributed by atoms with Gasteiger partial charge in [-0.15, -0.1) is 0 Å². The summed E-state index contributed by atoms with van der Waals surface area (Å²) >= 11 is 5.94. The molecular weight excluding hydrogens is 397 g/mol. The van der Waals surface area contributed by atoms with E-state index in [2.05, 4.69) is 9.97 Å². The van der Waals surface area contributed by atoms with E-state index in [0.717, 1.165) is 0 Å². The van der Waals surface area contributed by atoms with Crippen molar-refractivity contribution in [3.63, 3.8) is 0 Å². The molecule has 6 nitrogen and oxygen atoms in total. The van der Waals surface area contributed by atoms with Gasteiger partial charge in [0.15, 0.2) is 11.5 Å². The first-order valence-corrected chi connectivity index (χ1v) is 8.82. The van der Waals surface area contributed by atoms with Crippen LogP contribution in [0.15, 0.2) is 24.4 Å². The van der Waals surface area contributed by atoms with Gasteiger partial charge in [-0.05, 0) is 18.2 Å². The monoisotopic (exact) mass is 418 g/mol. The molecule has 2 aromatic rings. The molecule has 0 aliphatic rings. The first-order valence-electron chi connectivity index (χ1n) is 8.44. The third-order valence-electron chi connectivity index (χ3n) is 3.93. The number of benzene rings is 1. The second-order valence-electron chi connectivity index (χ2n) is 6.10. The van der Waals surface area contributed by atoms with Crippen LogP contribution in [-0.2, 0) is 22.2 Å². The summed E-state index contributed by atoms with van der Waals surface area (Å²) in [6, 6.07) is 4.44. The largest absolute Gasteiger partial charge is 0.433 e. The molecule has 10 heteroatoms. The first kappa shape index (κ1) is 22.4. The minimum absolute atomic E-state index is 0.0134. The summed E-state index contributed by atoms with van der Waals surface area (Å²) in [5.74, 6) is -0.0920. The Morgan fingerprint density at radius 3 is 2.29 bits per heavy atom. The van der Waals surface area contributed by atoms with E-state index >= 15 is 0 Å². The maximum Gasteiger partial charge on any atom is 0.433 e. The average Bonchev–Trinajstić information content (AvgIpc) is 2.62. The zero-order valence-corrected chi connectivity index (χ0v) is 16.3. The van der Waals surface area contributed by atoms with Crippen LogP contribution in [-0.4, -0.2) is 55.4 Å². The Balaban J connectivity index is 2.38. The van der Waals surface area contributed by atoms with Gasteiger partial charge in [-0.3, -0.25) is 4.90 Å². The van der Waals surface area contributed by atoms with Crippen LogP contribution in [0.5, 0.6) is 0 Å². The molecule has 0 saturated carbocycles. The van der Waals surface area contributed by atoms with Crippen molar-refractivity contribution in [1.29, 1.82) is 0 Å². The molecule has 0 bridgehead atoms. The Hall–Kier alpha value is -1.94. The van der Waals surface area contributed by atoms with Crippen molar-refractivity contribution in [3.8, 4) is 11.4 Å². The number of halogens is 4. The van der Waals surface area contributed by atoms with Gasteiger partial charge in [0.2, 0.25) is 0 Å². The van der Waals surface area contributed by atoms with Crippen molar-refractivity contribution >= 4 is 17.3 Å². The molecule has 0 amide bonds. The lowest BCUT2D eigenvalue weighted by Gasteiger charge is -2.23. The normalized spacial score (nSPS) is 12.0. The van der Waals surface area contributed by atoms with Crippen LogP contribution < -0.4 is 5.73 Å². The molecule has 0 spiro atoms. The SMILES string of the molecule is COCCN(CCOC)Cc1cnc(-c2cc(N)cc(Cl)c2)nc1C(F)(F)F. The number of aromatic nitrogens is 2. The molecule has 0 radical (unpaired) electrons. The molecule has 0 aliphatic heterocycles. The van der Waals surface area contributed by atoms with Crippen LogP contribution in [0.4, 0.5) is 18.9 Å². The Morgan fingerprint density at radius 2 is 1.75 bits per heavy atom. The summed E-state index contributed by atoms with van der Waals surface area (Å²) in [5, 5.41) is 0.293. The highest BCUT2D eigenvalue weighted by atomic mass is 35.5. The van der Waals surface area contributed by atoms with Gasteiger partial charge in [0, 0.05) is 61.9 Å². The fourth-order valence-corrected chi connectivity index (χ4v) is 2.84. The van der Waals surface area contributed by atoms with E-state index in [9.17, 15) is 13.2 Å². The van der Waals surface area contributed by atoms with Crippen molar-refractivity contribution in [2.24, 2.45) is 0 Å². The smallest absolute Gasteiger partial charge is 0.399 e. The lowest BCUT2D eigenvalue weighted by Crippen LogP contribution is -2.31. The van der Waals surface area contributed by atoms with E-state index in [1.165, 1.54) is 38.6 Å². The first-order chi connectivity index (χ1) is 13.2. The lowest BCUT2D eigenvalue weighted by atomic mass is 10.1. The molecular formula is C18H22ClF3N4O2. The van der Waals surface area contributed by atoms with E-state index in [0.29, 0.717) is 42.6 Å². The summed E-state index contributed by atoms with van der Waals surface area (Å²) in [6.45, 7) is 1.67. The van der Waals surface area contributed by atoms with Crippen LogP contribution in [0, 0.1) is 0 Å². The number of hydrogen-bond donors (Lipinski definition) is 1. The van der Waals surface area contributed by atoms with Crippen molar-refractivity contribution in [1.82, 2.24) is 14.9 Å². The highest BCUT2D eigenvalue weighted by molar-refractivity contribution is 6.31. The van der Waals surface area contributed by atoms with Crippen molar-refractivity contribution in [3.05, 3.63) is 40.7 Å². The van der Waals surface area contributed by atoms with E-state index in [1.807, 2.05) is 0 Å². The molecule has 0 unspecified atom stereocenters. The van der Waals surface area contributed by atoms with Gasteiger partial charge in [-0.25, -0.2) is 9.97 Å². The van der Waals surface area contributed by atoms with E-state index in [1.54, 1.807) is 4.90 Å². The van der Waals surface area contributed by atoms with Crippen LogP contribution in [0.1, 0.15) is 11.3 Å². The zero-order chi connectivity index (χ0) is 20.7. The molecule has 0 atom stereocenters. The number of ether oxygens (including phenoxy) is 2. The number of nitrogens with zero attached hydrogens (tertiary/aromatic N) is 3. The minimum atomic E-state index is -4.63. The molecule has 0 fully saturated rings. The second-order valence-corrected chi connectivity index (χ2v) is 6.54. The standard InChI is InChI=1S/C18H22ClF3N4O2/c1-27-5-3-26(4-6-28-2)11-13-10-24-17(25-16(13)18(20,21)22)12-7-14(19)9-15(23)8-12/h7-10H,3-6,11,23H2,1-2H3. The van der Waals surface area contributed by atoms with E-state index in [-0.39, 0.29) is 17.9 Å². The number of alkyl halides is 3. The number of anilines is 1. The van der Waals surface area contributed by atoms with Gasteiger partial charge in [-0.1, -0.05) is 11.6 Å². The summed E-state index contributed by atoms with van der Waals surface area (Å²) in [4.78, 5) is 9.66. The van der Waals surface area contributed by atoms with E-state index < -0.39 is 11.9 Å². The number of nitrogens with two attached hydrogens (primary N) is 1. The Labute approximate surface area is 166 Å². The van der Waals surface area contributed by atoms with Crippen molar-refractivity contribution in [2.45, 2.75) is 12.7 Å². The average molecular weight is 419 g/mol. The van der Waals surface area contributed by atoms with Gasteiger partial charge in [-0.2, -0.15) is 13.2 Å². The maximum absolute atomic E-state index is 13.6. The molecule has 2 rings (SSSR count). The highest BCUT2D eigenvalue weighted by Crippen LogP contribution is 2.33. The summed E-state index contributed by atoms with van der Waals surface area (Å²) in [7, 11) is 3.06. The van der Waals surface area contributed by atoms with Crippen LogP contribution in [0.3, 0.4) is 0 Å². The number of hydrogen-bond acceptors (Lipinski definition) is 6. The molecule has 0 saturated heterocycles. The lowest BCUT2D eigenvalue weighted by molar-refractivity contribution is -0.142. The van der Waals surface area contributed by atoms with Gasteiger partial charge < -0.3 is 15.2 Å². The predicted molar refractivity (Wildman–Crippen MR) is 101 cm³/mol. The van der Waals surface area contributed by atoms with Crippen molar-refractivity contribution < 1.29 is 22.6 Å². The zero-order valence-electron chi connectivity index (χ0n) is 15.6. The Morgan fingerprint density at radius 1 is 1.11 bits per heavy atom. The van der Waals surface area contributed by atoms with Crippen LogP contribution >= 0.6 is 11.6 Å². The number of methoxy groups -OCH3 is 2. The number of rotatable bonds is 9. The van der Waals surface area contributed by atoms with Crippen LogP contribution in [0.2, 0.25) is 5.02 Å². The topological polar surface area (TPSA) is 73.5 Å². The fourth-order valence-electron chi connectivity index (χ4n) is 2.60. The number of nitrogen functional groups attached to an aromatic ring is 1. The fraction of sp³-hybridized carbons (Fsp3) is 0.444. The van der Waals surface area contributed by atoms with Crippen LogP contribution in [0.25, 0.3) is 11.4 Å². The quantitative estimate of drug-likeness (QED) is 0.628. The predicted octanol–water partition coefficient (Wildman–Crippen LogP) is 3.49. The molecule has 1 aromatic heterocycles. The van der Waals surface area contributed by atoms with E-state index in [4.69, 9.17) is 26.8 Å². The molecule has 154 valence electrons. The second kappa shape index (κ2) is 10.0. The Bertz CT molecular complexity index is 762. The summed E-state index contributed by atoms with van der Waals surface area (Å²) in [6.07, 6.45) is -3.44. The van der Waals surface area contributed by atoms with Gasteiger partial charge in [0.25, 0.3) is 0 Å². The molecule has 1 heterocycles. The molecule has 0 aliphatic carbocycles. The third kappa shape index (κ3) is 6.30. The van der Waals surface area contributed by atoms with Gasteiger partial charge in [0.1, 0.15) is 0 Å². The summed E-state index contributed by atoms with van der Waals surface area (Å²) < 4.78 is 51.0. The van der Waals surface area contributed by atoms with Gasteiger partial charge in [0.05, 0.1) is 13.2 Å². The molecule has 1 aromatic carbocycles. The molecule has 2 N–H and O–H groups in total. The minimum Gasteiger partial charge on any atom is -0.399 e. The molecule has 28 heavy (non-hydrogen) atoms.